The van der Waals surface area contributed by atoms with Gasteiger partial charge in [0.2, 0.25) is 0 Å². The fraction of sp³-hybridized carbons (Fsp3) is 0.462. The molecule has 0 radical (unpaired) electrons. The summed E-state index contributed by atoms with van der Waals surface area (Å²) < 4.78 is 0.412. The molecule has 0 spiro atoms. The van der Waals surface area contributed by atoms with Gasteiger partial charge in [0.25, 0.3) is 0 Å². The van der Waals surface area contributed by atoms with Gasteiger partial charge in [0.05, 0.1) is 23.1 Å². The quantitative estimate of drug-likeness (QED) is 0.741. The van der Waals surface area contributed by atoms with Crippen LogP contribution >= 0.6 is 11.8 Å². The molecule has 0 bridgehead atoms. The van der Waals surface area contributed by atoms with Crippen LogP contribution < -0.4 is 11.1 Å². The lowest BCUT2D eigenvalue weighted by atomic mass is 9.84. The van der Waals surface area contributed by atoms with Crippen molar-refractivity contribution in [2.45, 2.75) is 24.0 Å². The van der Waals surface area contributed by atoms with Crippen LogP contribution in [0.15, 0.2) is 18.3 Å². The Hall–Kier alpha value is -1.36. The molecule has 0 atom stereocenters. The number of benzene rings is 1. The predicted octanol–water partition coefficient (Wildman–Crippen LogP) is 2.84. The summed E-state index contributed by atoms with van der Waals surface area (Å²) in [5.41, 5.74) is 8.89. The zero-order valence-corrected chi connectivity index (χ0v) is 11.3. The standard InChI is InChI=1S/C13H18N4S/c1-18-13(3-2-4-13)8-15-12-6-11-9(5-10(12)14)7-16-17-11/h5-7,15H,2-4,8,14H2,1H3,(H,16,17). The Bertz CT molecular complexity index is 554. The van der Waals surface area contributed by atoms with Gasteiger partial charge in [-0.2, -0.15) is 16.9 Å². The highest BCUT2D eigenvalue weighted by Crippen LogP contribution is 2.43. The normalized spacial score (nSPS) is 17.6. The largest absolute Gasteiger partial charge is 0.397 e. The van der Waals surface area contributed by atoms with E-state index in [2.05, 4.69) is 21.8 Å². The van der Waals surface area contributed by atoms with Crippen molar-refractivity contribution >= 4 is 34.0 Å². The molecule has 4 nitrogen and oxygen atoms in total. The summed E-state index contributed by atoms with van der Waals surface area (Å²) in [5.74, 6) is 0. The lowest BCUT2D eigenvalue weighted by Crippen LogP contribution is -2.40. The average Bonchev–Trinajstić information content (AvgIpc) is 2.75. The summed E-state index contributed by atoms with van der Waals surface area (Å²) in [6.07, 6.45) is 7.94. The number of aromatic nitrogens is 2. The first-order valence-electron chi connectivity index (χ1n) is 6.24. The third-order valence-corrected chi connectivity index (χ3v) is 5.33. The van der Waals surface area contributed by atoms with Gasteiger partial charge in [-0.1, -0.05) is 6.42 Å². The van der Waals surface area contributed by atoms with Gasteiger partial charge in [-0.05, 0) is 31.2 Å². The second-order valence-corrected chi connectivity index (χ2v) is 6.27. The van der Waals surface area contributed by atoms with E-state index in [0.717, 1.165) is 28.8 Å². The van der Waals surface area contributed by atoms with Crippen LogP contribution in [0.25, 0.3) is 10.9 Å². The molecule has 1 aliphatic rings. The van der Waals surface area contributed by atoms with Gasteiger partial charge in [0.15, 0.2) is 0 Å². The molecule has 2 aromatic rings. The molecule has 0 aliphatic heterocycles. The van der Waals surface area contributed by atoms with Gasteiger partial charge >= 0.3 is 0 Å². The molecule has 0 amide bonds. The van der Waals surface area contributed by atoms with Crippen LogP contribution in [0.1, 0.15) is 19.3 Å². The fourth-order valence-corrected chi connectivity index (χ4v) is 3.36. The molecule has 5 heteroatoms. The smallest absolute Gasteiger partial charge is 0.0672 e. The van der Waals surface area contributed by atoms with Crippen molar-refractivity contribution in [1.82, 2.24) is 10.2 Å². The van der Waals surface area contributed by atoms with Crippen molar-refractivity contribution < 1.29 is 0 Å². The predicted molar refractivity (Wildman–Crippen MR) is 79.1 cm³/mol. The molecule has 4 N–H and O–H groups in total. The van der Waals surface area contributed by atoms with E-state index in [1.807, 2.05) is 23.9 Å². The highest BCUT2D eigenvalue weighted by molar-refractivity contribution is 8.00. The lowest BCUT2D eigenvalue weighted by Gasteiger charge is -2.40. The SMILES string of the molecule is CSC1(CNc2cc3[nH]ncc3cc2N)CCC1. The number of nitrogens with zero attached hydrogens (tertiary/aromatic N) is 1. The summed E-state index contributed by atoms with van der Waals surface area (Å²) in [5, 5.41) is 11.6. The Labute approximate surface area is 111 Å². The Morgan fingerprint density at radius 2 is 2.33 bits per heavy atom. The van der Waals surface area contributed by atoms with Crippen LogP contribution in [-0.2, 0) is 0 Å². The van der Waals surface area contributed by atoms with E-state index in [9.17, 15) is 0 Å². The Kier molecular flexibility index (Phi) is 2.86. The maximum Gasteiger partial charge on any atom is 0.0672 e. The molecule has 1 aromatic carbocycles. The van der Waals surface area contributed by atoms with Crippen LogP contribution in [0.2, 0.25) is 0 Å². The first-order valence-corrected chi connectivity index (χ1v) is 7.47. The molecular formula is C13H18N4S. The second-order valence-electron chi connectivity index (χ2n) is 4.99. The van der Waals surface area contributed by atoms with Crippen LogP contribution in [0.3, 0.4) is 0 Å². The van der Waals surface area contributed by atoms with Crippen molar-refractivity contribution in [2.24, 2.45) is 0 Å². The minimum absolute atomic E-state index is 0.412. The van der Waals surface area contributed by atoms with Crippen molar-refractivity contribution in [3.8, 4) is 0 Å². The second kappa shape index (κ2) is 4.39. The van der Waals surface area contributed by atoms with Gasteiger partial charge < -0.3 is 11.1 Å². The molecule has 1 aromatic heterocycles. The number of aromatic amines is 1. The summed E-state index contributed by atoms with van der Waals surface area (Å²) in [4.78, 5) is 0. The monoisotopic (exact) mass is 262 g/mol. The van der Waals surface area contributed by atoms with E-state index in [0.29, 0.717) is 4.75 Å². The zero-order chi connectivity index (χ0) is 12.6. The summed E-state index contributed by atoms with van der Waals surface area (Å²) in [7, 11) is 0. The topological polar surface area (TPSA) is 66.7 Å². The first-order chi connectivity index (χ1) is 8.72. The van der Waals surface area contributed by atoms with E-state index in [-0.39, 0.29) is 0 Å². The fourth-order valence-electron chi connectivity index (χ4n) is 2.44. The molecule has 0 saturated heterocycles. The Morgan fingerprint density at radius 1 is 1.50 bits per heavy atom. The molecule has 0 unspecified atom stereocenters. The van der Waals surface area contributed by atoms with Gasteiger partial charge in [0.1, 0.15) is 0 Å². The first kappa shape index (κ1) is 11.7. The third-order valence-electron chi connectivity index (χ3n) is 3.91. The number of nitrogen functional groups attached to an aromatic ring is 1. The highest BCUT2D eigenvalue weighted by Gasteiger charge is 2.35. The summed E-state index contributed by atoms with van der Waals surface area (Å²) in [6.45, 7) is 0.984. The Balaban J connectivity index is 1.79. The number of fused-ring (bicyclic) bond motifs is 1. The van der Waals surface area contributed by atoms with Crippen LogP contribution in [0.4, 0.5) is 11.4 Å². The molecule has 1 fully saturated rings. The molecule has 1 heterocycles. The summed E-state index contributed by atoms with van der Waals surface area (Å²) in [6, 6.07) is 4.01. The van der Waals surface area contributed by atoms with Crippen molar-refractivity contribution in [2.75, 3.05) is 23.9 Å². The van der Waals surface area contributed by atoms with Crippen molar-refractivity contribution in [3.05, 3.63) is 18.3 Å². The van der Waals surface area contributed by atoms with Gasteiger partial charge in [-0.15, -0.1) is 0 Å². The molecule has 1 aliphatic carbocycles. The van der Waals surface area contributed by atoms with Crippen molar-refractivity contribution in [3.63, 3.8) is 0 Å². The molecule has 96 valence electrons. The lowest BCUT2D eigenvalue weighted by molar-refractivity contribution is 0.380. The van der Waals surface area contributed by atoms with Crippen molar-refractivity contribution in [1.29, 1.82) is 0 Å². The number of thioether (sulfide) groups is 1. The van der Waals surface area contributed by atoms with E-state index in [1.165, 1.54) is 19.3 Å². The van der Waals surface area contributed by atoms with E-state index < -0.39 is 0 Å². The van der Waals surface area contributed by atoms with Crippen LogP contribution in [0, 0.1) is 0 Å². The Morgan fingerprint density at radius 3 is 3.00 bits per heavy atom. The minimum atomic E-state index is 0.412. The maximum absolute atomic E-state index is 6.07. The number of hydrogen-bond acceptors (Lipinski definition) is 4. The van der Waals surface area contributed by atoms with E-state index in [4.69, 9.17) is 5.73 Å². The number of H-pyrrole nitrogens is 1. The molecule has 1 saturated carbocycles. The highest BCUT2D eigenvalue weighted by atomic mass is 32.2. The minimum Gasteiger partial charge on any atom is -0.397 e. The van der Waals surface area contributed by atoms with Crippen LogP contribution in [0.5, 0.6) is 0 Å². The zero-order valence-electron chi connectivity index (χ0n) is 10.5. The van der Waals surface area contributed by atoms with E-state index in [1.54, 1.807) is 6.20 Å². The summed E-state index contributed by atoms with van der Waals surface area (Å²) >= 11 is 1.97. The number of nitrogens with two attached hydrogens (primary N) is 1. The average molecular weight is 262 g/mol. The number of hydrogen-bond donors (Lipinski definition) is 3. The molecular weight excluding hydrogens is 244 g/mol. The maximum atomic E-state index is 6.07. The van der Waals surface area contributed by atoms with Gasteiger partial charge in [-0.3, -0.25) is 5.10 Å². The number of rotatable bonds is 4. The number of anilines is 2. The van der Waals surface area contributed by atoms with Gasteiger partial charge in [0, 0.05) is 16.7 Å². The molecule has 3 rings (SSSR count). The third kappa shape index (κ3) is 1.92. The van der Waals surface area contributed by atoms with Crippen LogP contribution in [-0.4, -0.2) is 27.7 Å². The molecule has 18 heavy (non-hydrogen) atoms. The number of nitrogens with one attached hydrogen (secondary N) is 2. The van der Waals surface area contributed by atoms with E-state index >= 15 is 0 Å². The van der Waals surface area contributed by atoms with Gasteiger partial charge in [-0.25, -0.2) is 0 Å².